The number of halogens is 1. The molecule has 5 rings (SSSR count). The van der Waals surface area contributed by atoms with Gasteiger partial charge in [0.05, 0.1) is 30.8 Å². The second-order valence-corrected chi connectivity index (χ2v) is 9.52. The third-order valence-electron chi connectivity index (χ3n) is 5.87. The Hall–Kier alpha value is -2.90. The monoisotopic (exact) mass is 465 g/mol. The molecule has 1 N–H and O–H groups in total. The van der Waals surface area contributed by atoms with Crippen LogP contribution in [0.5, 0.6) is 5.75 Å². The molecule has 170 valence electrons. The molecule has 0 bridgehead atoms. The Morgan fingerprint density at radius 1 is 1.21 bits per heavy atom. The molecule has 1 aliphatic heterocycles. The number of hydrogen-bond donors (Lipinski definition) is 1. The SMILES string of the molecule is COc1ccc2nc(C3CC3)c(/C=C/[C@@H]3C[C@@H](O)CC(=O)O3)c(Sc3ccc(F)cc3)c2c1. The zero-order chi connectivity index (χ0) is 22.9. The van der Waals surface area contributed by atoms with Crippen LogP contribution in [0.15, 0.2) is 58.3 Å². The molecular formula is C26H24FNO4S. The maximum Gasteiger partial charge on any atom is 0.309 e. The van der Waals surface area contributed by atoms with Crippen LogP contribution in [0.1, 0.15) is 42.9 Å². The standard InChI is InChI=1S/C26H24FNO4S/c1-31-18-7-11-23-22(14-18)26(33-20-8-4-16(27)5-9-20)21(25(28-23)15-2-3-15)10-6-19-12-17(29)13-24(30)32-19/h4-11,14-15,17,19,29H,2-3,12-13H2,1H3/b10-6+/t17-,19-/m1/s1. The molecule has 2 atom stereocenters. The van der Waals surface area contributed by atoms with Crippen molar-refractivity contribution >= 4 is 34.7 Å². The minimum atomic E-state index is -0.698. The predicted octanol–water partition coefficient (Wildman–Crippen LogP) is 5.49. The summed E-state index contributed by atoms with van der Waals surface area (Å²) in [6.07, 6.45) is 5.16. The second-order valence-electron chi connectivity index (χ2n) is 8.43. The van der Waals surface area contributed by atoms with Crippen molar-refractivity contribution in [3.63, 3.8) is 0 Å². The van der Waals surface area contributed by atoms with Gasteiger partial charge in [-0.3, -0.25) is 9.78 Å². The second kappa shape index (κ2) is 9.15. The molecule has 1 aliphatic carbocycles. The third-order valence-corrected chi connectivity index (χ3v) is 7.03. The number of esters is 1. The molecule has 0 amide bonds. The highest BCUT2D eigenvalue weighted by molar-refractivity contribution is 7.99. The van der Waals surface area contributed by atoms with Gasteiger partial charge in [0.25, 0.3) is 0 Å². The average molecular weight is 466 g/mol. The number of aromatic nitrogens is 1. The molecule has 1 aromatic heterocycles. The van der Waals surface area contributed by atoms with Crippen LogP contribution in [-0.2, 0) is 9.53 Å². The Morgan fingerprint density at radius 2 is 2.00 bits per heavy atom. The van der Waals surface area contributed by atoms with E-state index in [0.717, 1.165) is 50.5 Å². The molecule has 5 nitrogen and oxygen atoms in total. The maximum atomic E-state index is 13.5. The number of cyclic esters (lactones) is 1. The van der Waals surface area contributed by atoms with Crippen molar-refractivity contribution in [2.45, 2.75) is 53.6 Å². The van der Waals surface area contributed by atoms with E-state index in [9.17, 15) is 14.3 Å². The third kappa shape index (κ3) is 4.89. The van der Waals surface area contributed by atoms with Crippen LogP contribution in [0.2, 0.25) is 0 Å². The minimum absolute atomic E-state index is 0.0284. The number of carbonyl (C=O) groups excluding carboxylic acids is 1. The van der Waals surface area contributed by atoms with Crippen molar-refractivity contribution in [2.24, 2.45) is 0 Å². The van der Waals surface area contributed by atoms with E-state index in [4.69, 9.17) is 14.5 Å². The lowest BCUT2D eigenvalue weighted by Gasteiger charge is -2.23. The highest BCUT2D eigenvalue weighted by atomic mass is 32.2. The smallest absolute Gasteiger partial charge is 0.309 e. The van der Waals surface area contributed by atoms with Crippen LogP contribution >= 0.6 is 11.8 Å². The van der Waals surface area contributed by atoms with Gasteiger partial charge >= 0.3 is 5.97 Å². The van der Waals surface area contributed by atoms with E-state index in [0.29, 0.717) is 12.3 Å². The molecular weight excluding hydrogens is 441 g/mol. The molecule has 1 saturated heterocycles. The number of aliphatic hydroxyl groups is 1. The molecule has 2 fully saturated rings. The fourth-order valence-electron chi connectivity index (χ4n) is 4.06. The van der Waals surface area contributed by atoms with Crippen molar-refractivity contribution < 1.29 is 23.8 Å². The number of benzene rings is 2. The Kier molecular flexibility index (Phi) is 6.08. The number of pyridine rings is 1. The fourth-order valence-corrected chi connectivity index (χ4v) is 5.13. The van der Waals surface area contributed by atoms with Crippen molar-refractivity contribution in [2.75, 3.05) is 7.11 Å². The summed E-state index contributed by atoms with van der Waals surface area (Å²) in [5.41, 5.74) is 2.85. The van der Waals surface area contributed by atoms with Crippen molar-refractivity contribution in [1.29, 1.82) is 0 Å². The lowest BCUT2D eigenvalue weighted by Crippen LogP contribution is -2.31. The number of carbonyl (C=O) groups is 1. The van der Waals surface area contributed by atoms with E-state index >= 15 is 0 Å². The number of methoxy groups -OCH3 is 1. The number of fused-ring (bicyclic) bond motifs is 1. The van der Waals surface area contributed by atoms with Crippen LogP contribution in [0.4, 0.5) is 4.39 Å². The van der Waals surface area contributed by atoms with Crippen LogP contribution in [0.25, 0.3) is 17.0 Å². The van der Waals surface area contributed by atoms with Gasteiger partial charge in [-0.15, -0.1) is 0 Å². The summed E-state index contributed by atoms with van der Waals surface area (Å²) in [7, 11) is 1.63. The molecule has 0 unspecified atom stereocenters. The maximum absolute atomic E-state index is 13.5. The van der Waals surface area contributed by atoms with Crippen LogP contribution in [0, 0.1) is 5.82 Å². The lowest BCUT2D eigenvalue weighted by atomic mass is 10.0. The summed E-state index contributed by atoms with van der Waals surface area (Å²) in [4.78, 5) is 18.7. The molecule has 33 heavy (non-hydrogen) atoms. The number of aliphatic hydroxyl groups excluding tert-OH is 1. The molecule has 7 heteroatoms. The largest absolute Gasteiger partial charge is 0.497 e. The van der Waals surface area contributed by atoms with E-state index < -0.39 is 18.2 Å². The average Bonchev–Trinajstić information content (AvgIpc) is 3.64. The van der Waals surface area contributed by atoms with Crippen LogP contribution in [0.3, 0.4) is 0 Å². The summed E-state index contributed by atoms with van der Waals surface area (Å²) >= 11 is 1.55. The van der Waals surface area contributed by atoms with E-state index in [1.54, 1.807) is 31.0 Å². The van der Waals surface area contributed by atoms with Crippen molar-refractivity contribution in [1.82, 2.24) is 4.98 Å². The summed E-state index contributed by atoms with van der Waals surface area (Å²) in [5.74, 6) is 0.428. The van der Waals surface area contributed by atoms with Gasteiger partial charge in [0.15, 0.2) is 0 Å². The highest BCUT2D eigenvalue weighted by Gasteiger charge is 2.30. The van der Waals surface area contributed by atoms with Gasteiger partial charge < -0.3 is 14.6 Å². The molecule has 2 heterocycles. The topological polar surface area (TPSA) is 68.7 Å². The number of rotatable bonds is 6. The Labute approximate surface area is 195 Å². The first-order valence-corrected chi connectivity index (χ1v) is 11.8. The van der Waals surface area contributed by atoms with Gasteiger partial charge in [-0.25, -0.2) is 4.39 Å². The number of hydrogen-bond acceptors (Lipinski definition) is 6. The first-order valence-electron chi connectivity index (χ1n) is 11.0. The van der Waals surface area contributed by atoms with Gasteiger partial charge in [0.1, 0.15) is 17.7 Å². The number of ether oxygens (including phenoxy) is 2. The molecule has 2 aliphatic rings. The summed E-state index contributed by atoms with van der Waals surface area (Å²) in [6, 6.07) is 12.2. The Morgan fingerprint density at radius 3 is 2.70 bits per heavy atom. The summed E-state index contributed by atoms with van der Waals surface area (Å²) in [6.45, 7) is 0. The lowest BCUT2D eigenvalue weighted by molar-refractivity contribution is -0.156. The van der Waals surface area contributed by atoms with Gasteiger partial charge in [-0.1, -0.05) is 17.8 Å². The molecule has 0 spiro atoms. The van der Waals surface area contributed by atoms with Gasteiger partial charge in [-0.2, -0.15) is 0 Å². The summed E-state index contributed by atoms with van der Waals surface area (Å²) in [5, 5.41) is 10.9. The molecule has 0 radical (unpaired) electrons. The van der Waals surface area contributed by atoms with Crippen LogP contribution < -0.4 is 4.74 Å². The van der Waals surface area contributed by atoms with E-state index in [2.05, 4.69) is 0 Å². The normalized spacial score (nSPS) is 20.9. The molecule has 3 aromatic rings. The predicted molar refractivity (Wildman–Crippen MR) is 125 cm³/mol. The van der Waals surface area contributed by atoms with E-state index in [1.165, 1.54) is 12.1 Å². The van der Waals surface area contributed by atoms with E-state index in [-0.39, 0.29) is 12.2 Å². The van der Waals surface area contributed by atoms with Gasteiger partial charge in [-0.05, 0) is 61.4 Å². The van der Waals surface area contributed by atoms with Crippen molar-refractivity contribution in [3.05, 3.63) is 65.6 Å². The minimum Gasteiger partial charge on any atom is -0.497 e. The first kappa shape index (κ1) is 21.9. The van der Waals surface area contributed by atoms with E-state index in [1.807, 2.05) is 30.4 Å². The molecule has 2 aromatic carbocycles. The highest BCUT2D eigenvalue weighted by Crippen LogP contribution is 2.47. The van der Waals surface area contributed by atoms with Crippen molar-refractivity contribution in [3.8, 4) is 5.75 Å². The van der Waals surface area contributed by atoms with Gasteiger partial charge in [0.2, 0.25) is 0 Å². The Bertz CT molecular complexity index is 1220. The van der Waals surface area contributed by atoms with Gasteiger partial charge in [0, 0.05) is 33.1 Å². The van der Waals surface area contributed by atoms with Crippen LogP contribution in [-0.4, -0.2) is 35.4 Å². The first-order chi connectivity index (χ1) is 16.0. The Balaban J connectivity index is 1.64. The fraction of sp³-hybridized carbons (Fsp3) is 0.308. The quantitative estimate of drug-likeness (QED) is 0.486. The zero-order valence-corrected chi connectivity index (χ0v) is 19.0. The number of nitrogens with zero attached hydrogens (tertiary/aromatic N) is 1. The molecule has 1 saturated carbocycles. The zero-order valence-electron chi connectivity index (χ0n) is 18.2. The summed E-state index contributed by atoms with van der Waals surface area (Å²) < 4.78 is 24.4.